The molecule has 1 N–H and O–H groups in total. The SMILES string of the molecule is CS(=O)(=O)Nc1ccc2c(c1)C(c1cccc(F)c1)Oc1cccc(C=O)c1-2. The Labute approximate surface area is 161 Å². The normalized spacial score (nSPS) is 15.1. The third-order valence-electron chi connectivity index (χ3n) is 4.49. The van der Waals surface area contributed by atoms with Crippen LogP contribution in [0.4, 0.5) is 10.1 Å². The predicted molar refractivity (Wildman–Crippen MR) is 105 cm³/mol. The minimum atomic E-state index is -3.47. The molecule has 0 radical (unpaired) electrons. The van der Waals surface area contributed by atoms with Gasteiger partial charge in [-0.3, -0.25) is 9.52 Å². The summed E-state index contributed by atoms with van der Waals surface area (Å²) in [6.45, 7) is 0. The van der Waals surface area contributed by atoms with E-state index in [1.807, 2.05) is 0 Å². The average Bonchev–Trinajstić information content (AvgIpc) is 2.65. The van der Waals surface area contributed by atoms with E-state index in [1.165, 1.54) is 12.1 Å². The van der Waals surface area contributed by atoms with Gasteiger partial charge in [-0.2, -0.15) is 0 Å². The lowest BCUT2D eigenvalue weighted by molar-refractivity contribution is 0.112. The van der Waals surface area contributed by atoms with Gasteiger partial charge in [-0.25, -0.2) is 12.8 Å². The molecule has 3 aromatic rings. The van der Waals surface area contributed by atoms with Gasteiger partial charge in [0.2, 0.25) is 10.0 Å². The molecular formula is C21H16FNO4S. The van der Waals surface area contributed by atoms with Gasteiger partial charge in [-0.1, -0.05) is 30.3 Å². The highest BCUT2D eigenvalue weighted by molar-refractivity contribution is 7.92. The Balaban J connectivity index is 1.95. The molecule has 1 atom stereocenters. The van der Waals surface area contributed by atoms with Crippen molar-refractivity contribution in [1.29, 1.82) is 0 Å². The van der Waals surface area contributed by atoms with Gasteiger partial charge in [0.15, 0.2) is 6.29 Å². The van der Waals surface area contributed by atoms with Gasteiger partial charge in [-0.05, 0) is 41.5 Å². The van der Waals surface area contributed by atoms with Crippen LogP contribution in [-0.2, 0) is 10.0 Å². The smallest absolute Gasteiger partial charge is 0.229 e. The summed E-state index contributed by atoms with van der Waals surface area (Å²) in [5.41, 5.74) is 3.41. The molecule has 0 amide bonds. The van der Waals surface area contributed by atoms with Crippen molar-refractivity contribution < 1.29 is 22.3 Å². The number of hydrogen-bond acceptors (Lipinski definition) is 4. The first-order valence-electron chi connectivity index (χ1n) is 8.48. The third-order valence-corrected chi connectivity index (χ3v) is 5.09. The number of benzene rings is 3. The number of carbonyl (C=O) groups is 1. The molecule has 1 unspecified atom stereocenters. The molecule has 7 heteroatoms. The highest BCUT2D eigenvalue weighted by Gasteiger charge is 2.29. The second-order valence-electron chi connectivity index (χ2n) is 6.57. The number of halogens is 1. The largest absolute Gasteiger partial charge is 0.480 e. The van der Waals surface area contributed by atoms with Crippen LogP contribution in [0.25, 0.3) is 11.1 Å². The van der Waals surface area contributed by atoms with Crippen LogP contribution < -0.4 is 9.46 Å². The molecule has 142 valence electrons. The Kier molecular flexibility index (Phi) is 4.39. The maximum Gasteiger partial charge on any atom is 0.229 e. The number of carbonyl (C=O) groups excluding carboxylic acids is 1. The molecule has 1 aliphatic heterocycles. The van der Waals surface area contributed by atoms with E-state index in [9.17, 15) is 17.6 Å². The zero-order valence-corrected chi connectivity index (χ0v) is 15.7. The van der Waals surface area contributed by atoms with Crippen molar-refractivity contribution in [2.24, 2.45) is 0 Å². The van der Waals surface area contributed by atoms with Gasteiger partial charge in [0, 0.05) is 22.4 Å². The number of aldehydes is 1. The quantitative estimate of drug-likeness (QED) is 0.671. The van der Waals surface area contributed by atoms with E-state index in [1.54, 1.807) is 48.5 Å². The van der Waals surface area contributed by atoms with Crippen LogP contribution in [0, 0.1) is 5.82 Å². The lowest BCUT2D eigenvalue weighted by Crippen LogP contribution is -2.17. The van der Waals surface area contributed by atoms with E-state index in [2.05, 4.69) is 4.72 Å². The van der Waals surface area contributed by atoms with Crippen molar-refractivity contribution in [3.05, 3.63) is 83.2 Å². The molecule has 1 aliphatic rings. The number of sulfonamides is 1. The van der Waals surface area contributed by atoms with E-state index in [-0.39, 0.29) is 0 Å². The summed E-state index contributed by atoms with van der Waals surface area (Å²) in [4.78, 5) is 11.5. The van der Waals surface area contributed by atoms with Crippen LogP contribution in [0.2, 0.25) is 0 Å². The van der Waals surface area contributed by atoms with E-state index in [0.29, 0.717) is 33.7 Å². The topological polar surface area (TPSA) is 72.5 Å². The molecule has 0 aliphatic carbocycles. The molecule has 0 fully saturated rings. The van der Waals surface area contributed by atoms with Crippen LogP contribution >= 0.6 is 0 Å². The van der Waals surface area contributed by atoms with Gasteiger partial charge in [0.05, 0.1) is 6.26 Å². The van der Waals surface area contributed by atoms with Crippen LogP contribution in [0.3, 0.4) is 0 Å². The Morgan fingerprint density at radius 3 is 2.57 bits per heavy atom. The summed E-state index contributed by atoms with van der Waals surface area (Å²) in [6, 6.07) is 16.2. The highest BCUT2D eigenvalue weighted by atomic mass is 32.2. The van der Waals surface area contributed by atoms with Gasteiger partial charge in [-0.15, -0.1) is 0 Å². The average molecular weight is 397 g/mol. The van der Waals surface area contributed by atoms with Crippen LogP contribution in [0.15, 0.2) is 60.7 Å². The van der Waals surface area contributed by atoms with E-state index in [4.69, 9.17) is 4.74 Å². The van der Waals surface area contributed by atoms with Gasteiger partial charge < -0.3 is 4.74 Å². The Morgan fingerprint density at radius 1 is 1.07 bits per heavy atom. The van der Waals surface area contributed by atoms with Crippen molar-refractivity contribution in [3.8, 4) is 16.9 Å². The van der Waals surface area contributed by atoms with Crippen molar-refractivity contribution in [1.82, 2.24) is 0 Å². The number of nitrogens with one attached hydrogen (secondary N) is 1. The van der Waals surface area contributed by atoms with Crippen molar-refractivity contribution in [2.45, 2.75) is 6.10 Å². The second kappa shape index (κ2) is 6.76. The minimum absolute atomic E-state index is 0.360. The number of fused-ring (bicyclic) bond motifs is 3. The predicted octanol–water partition coefficient (Wildman–Crippen LogP) is 4.16. The molecule has 0 saturated heterocycles. The Bertz CT molecular complexity index is 1190. The summed E-state index contributed by atoms with van der Waals surface area (Å²) in [5, 5.41) is 0. The fourth-order valence-electron chi connectivity index (χ4n) is 3.43. The molecule has 3 aromatic carbocycles. The van der Waals surface area contributed by atoms with Crippen molar-refractivity contribution in [2.75, 3.05) is 11.0 Å². The molecule has 0 bridgehead atoms. The van der Waals surface area contributed by atoms with Gasteiger partial charge in [0.25, 0.3) is 0 Å². The lowest BCUT2D eigenvalue weighted by Gasteiger charge is -2.30. The number of anilines is 1. The van der Waals surface area contributed by atoms with E-state index >= 15 is 0 Å². The summed E-state index contributed by atoms with van der Waals surface area (Å²) in [6.07, 6.45) is 1.16. The fourth-order valence-corrected chi connectivity index (χ4v) is 3.98. The summed E-state index contributed by atoms with van der Waals surface area (Å²) >= 11 is 0. The monoisotopic (exact) mass is 397 g/mol. The molecule has 0 saturated carbocycles. The maximum absolute atomic E-state index is 13.8. The first-order chi connectivity index (χ1) is 13.4. The van der Waals surface area contributed by atoms with Crippen LogP contribution in [0.5, 0.6) is 5.75 Å². The van der Waals surface area contributed by atoms with Crippen molar-refractivity contribution >= 4 is 22.0 Å². The Morgan fingerprint density at radius 2 is 1.86 bits per heavy atom. The van der Waals surface area contributed by atoms with E-state index in [0.717, 1.165) is 18.1 Å². The molecule has 0 aromatic heterocycles. The summed E-state index contributed by atoms with van der Waals surface area (Å²) < 4.78 is 45.6. The molecule has 5 nitrogen and oxygen atoms in total. The highest BCUT2D eigenvalue weighted by Crippen LogP contribution is 2.46. The second-order valence-corrected chi connectivity index (χ2v) is 8.32. The van der Waals surface area contributed by atoms with Gasteiger partial charge >= 0.3 is 0 Å². The lowest BCUT2D eigenvalue weighted by atomic mass is 9.87. The van der Waals surface area contributed by atoms with E-state index < -0.39 is 21.9 Å². The number of rotatable bonds is 4. The van der Waals surface area contributed by atoms with Gasteiger partial charge in [0.1, 0.15) is 17.7 Å². The maximum atomic E-state index is 13.8. The number of ether oxygens (including phenoxy) is 1. The van der Waals surface area contributed by atoms with Crippen molar-refractivity contribution in [3.63, 3.8) is 0 Å². The minimum Gasteiger partial charge on any atom is -0.480 e. The zero-order chi connectivity index (χ0) is 19.9. The first kappa shape index (κ1) is 18.2. The molecule has 28 heavy (non-hydrogen) atoms. The molecule has 4 rings (SSSR count). The third kappa shape index (κ3) is 3.36. The summed E-state index contributed by atoms with van der Waals surface area (Å²) in [7, 11) is -3.47. The van der Waals surface area contributed by atoms with Crippen LogP contribution in [-0.4, -0.2) is 21.0 Å². The standard InChI is InChI=1S/C21H16FNO4S/c1-28(25,26)23-16-8-9-17-18(11-16)21(13-4-2-6-15(22)10-13)27-19-7-3-5-14(12-24)20(17)19/h2-12,21,23H,1H3. The molecular weight excluding hydrogens is 381 g/mol. The fraction of sp³-hybridized carbons (Fsp3) is 0.0952. The molecule has 1 heterocycles. The first-order valence-corrected chi connectivity index (χ1v) is 10.4. The molecule has 0 spiro atoms. The Hall–Kier alpha value is -3.19. The summed E-state index contributed by atoms with van der Waals surface area (Å²) in [5.74, 6) is 0.107. The number of hydrogen-bond donors (Lipinski definition) is 1. The zero-order valence-electron chi connectivity index (χ0n) is 14.8. The van der Waals surface area contributed by atoms with Crippen LogP contribution in [0.1, 0.15) is 27.6 Å².